The topological polar surface area (TPSA) is 40.1 Å². The lowest BCUT2D eigenvalue weighted by molar-refractivity contribution is -0.255. The van der Waals surface area contributed by atoms with Crippen molar-refractivity contribution < 1.29 is 23.1 Å². The number of hydrogen-bond donors (Lipinski definition) is 0. The third-order valence-electron chi connectivity index (χ3n) is 3.29. The highest BCUT2D eigenvalue weighted by Crippen LogP contribution is 2.38. The third-order valence-corrected chi connectivity index (χ3v) is 4.38. The van der Waals surface area contributed by atoms with Crippen LogP contribution in [-0.2, 0) is 0 Å². The molecule has 0 spiro atoms. The predicted molar refractivity (Wildman–Crippen MR) is 92.8 cm³/mol. The molecule has 25 heavy (non-hydrogen) atoms. The maximum Gasteiger partial charge on any atom is 0.399 e. The fourth-order valence-electron chi connectivity index (χ4n) is 2.17. The van der Waals surface area contributed by atoms with Crippen LogP contribution in [0.4, 0.5) is 13.2 Å². The van der Waals surface area contributed by atoms with E-state index in [1.807, 2.05) is 0 Å². The Morgan fingerprint density at radius 1 is 1.12 bits per heavy atom. The van der Waals surface area contributed by atoms with Gasteiger partial charge in [0.1, 0.15) is 0 Å². The minimum atomic E-state index is -4.55. The Balaban J connectivity index is 2.39. The summed E-state index contributed by atoms with van der Waals surface area (Å²) in [4.78, 5) is 10.8. The van der Waals surface area contributed by atoms with Gasteiger partial charge in [0.05, 0.1) is 11.9 Å². The molecule has 0 aliphatic rings. The van der Waals surface area contributed by atoms with Crippen LogP contribution in [0, 0.1) is 0 Å². The van der Waals surface area contributed by atoms with E-state index in [1.54, 1.807) is 0 Å². The van der Waals surface area contributed by atoms with Gasteiger partial charge >= 0.3 is 6.18 Å². The van der Waals surface area contributed by atoms with Gasteiger partial charge in [0, 0.05) is 20.1 Å². The molecule has 0 fully saturated rings. The van der Waals surface area contributed by atoms with Crippen molar-refractivity contribution in [3.05, 3.63) is 73.7 Å². The molecule has 0 aliphatic carbocycles. The standard InChI is InChI=1S/C17H10BrCl2F3O2/c18-15-5-9(1-3-13(15)16(24)25)2-4-14(17(21,22)23)10-6-11(19)8-12(20)7-10/h1-8,14H,(H,24,25)/p-1/b4-2+. The number of hydrogen-bond acceptors (Lipinski definition) is 2. The molecular formula is C17H9BrCl2F3O2-. The number of carboxylic acid groups (broad SMARTS) is 1. The summed E-state index contributed by atoms with van der Waals surface area (Å²) in [6.45, 7) is 0. The van der Waals surface area contributed by atoms with E-state index >= 15 is 0 Å². The van der Waals surface area contributed by atoms with Gasteiger partial charge in [-0.2, -0.15) is 13.2 Å². The molecule has 0 saturated carbocycles. The maximum absolute atomic E-state index is 13.4. The van der Waals surface area contributed by atoms with Gasteiger partial charge in [-0.15, -0.1) is 0 Å². The van der Waals surface area contributed by atoms with Gasteiger partial charge in [0.25, 0.3) is 0 Å². The van der Waals surface area contributed by atoms with Crippen LogP contribution in [0.2, 0.25) is 10.0 Å². The third kappa shape index (κ3) is 5.23. The first-order chi connectivity index (χ1) is 11.6. The van der Waals surface area contributed by atoms with Crippen molar-refractivity contribution >= 4 is 51.2 Å². The molecule has 0 heterocycles. The molecule has 1 atom stereocenters. The van der Waals surface area contributed by atoms with E-state index in [0.717, 1.165) is 6.08 Å². The van der Waals surface area contributed by atoms with E-state index in [4.69, 9.17) is 23.2 Å². The second kappa shape index (κ2) is 7.81. The molecule has 0 aromatic heterocycles. The van der Waals surface area contributed by atoms with E-state index in [0.29, 0.717) is 5.56 Å². The summed E-state index contributed by atoms with van der Waals surface area (Å²) in [6.07, 6.45) is -2.34. The molecule has 2 aromatic rings. The van der Waals surface area contributed by atoms with Crippen molar-refractivity contribution in [2.24, 2.45) is 0 Å². The van der Waals surface area contributed by atoms with Crippen LogP contribution >= 0.6 is 39.1 Å². The lowest BCUT2D eigenvalue weighted by atomic mass is 9.97. The SMILES string of the molecule is O=C([O-])c1ccc(/C=C/C(c2cc(Cl)cc(Cl)c2)C(F)(F)F)cc1Br. The summed E-state index contributed by atoms with van der Waals surface area (Å²) in [7, 11) is 0. The number of allylic oxidation sites excluding steroid dienone is 1. The van der Waals surface area contributed by atoms with Crippen LogP contribution < -0.4 is 5.11 Å². The summed E-state index contributed by atoms with van der Waals surface area (Å²) in [5, 5.41) is 11.1. The smallest absolute Gasteiger partial charge is 0.399 e. The van der Waals surface area contributed by atoms with Crippen molar-refractivity contribution in [2.75, 3.05) is 0 Å². The highest BCUT2D eigenvalue weighted by molar-refractivity contribution is 9.10. The summed E-state index contributed by atoms with van der Waals surface area (Å²) < 4.78 is 40.4. The van der Waals surface area contributed by atoms with Crippen molar-refractivity contribution in [1.29, 1.82) is 0 Å². The zero-order chi connectivity index (χ0) is 18.8. The summed E-state index contributed by atoms with van der Waals surface area (Å²) >= 11 is 14.6. The van der Waals surface area contributed by atoms with Gasteiger partial charge in [0.2, 0.25) is 0 Å². The van der Waals surface area contributed by atoms with E-state index in [2.05, 4.69) is 15.9 Å². The van der Waals surface area contributed by atoms with E-state index in [1.165, 1.54) is 42.5 Å². The Kier molecular flexibility index (Phi) is 6.19. The lowest BCUT2D eigenvalue weighted by Crippen LogP contribution is -2.22. The van der Waals surface area contributed by atoms with E-state index in [-0.39, 0.29) is 25.6 Å². The van der Waals surface area contributed by atoms with Crippen LogP contribution in [0.1, 0.15) is 27.4 Å². The summed E-state index contributed by atoms with van der Waals surface area (Å²) in [6, 6.07) is 7.76. The number of rotatable bonds is 4. The first kappa shape index (κ1) is 19.8. The molecule has 2 aromatic carbocycles. The molecule has 8 heteroatoms. The number of alkyl halides is 3. The molecule has 2 rings (SSSR count). The number of benzene rings is 2. The number of aromatic carboxylic acids is 1. The quantitative estimate of drug-likeness (QED) is 0.616. The number of carbonyl (C=O) groups excluding carboxylic acids is 1. The predicted octanol–water partition coefficient (Wildman–Crippen LogP) is 5.48. The van der Waals surface area contributed by atoms with E-state index in [9.17, 15) is 23.1 Å². The molecule has 0 amide bonds. The second-order valence-corrected chi connectivity index (χ2v) is 6.84. The van der Waals surface area contributed by atoms with Crippen LogP contribution in [-0.4, -0.2) is 12.1 Å². The number of halogens is 6. The molecular weight excluding hydrogens is 444 g/mol. The van der Waals surface area contributed by atoms with Crippen LogP contribution in [0.5, 0.6) is 0 Å². The minimum absolute atomic E-state index is 0.0910. The van der Waals surface area contributed by atoms with Gasteiger partial charge in [-0.05, 0) is 35.4 Å². The van der Waals surface area contributed by atoms with Crippen LogP contribution in [0.15, 0.2) is 46.9 Å². The van der Waals surface area contributed by atoms with Crippen molar-refractivity contribution in [2.45, 2.75) is 12.1 Å². The zero-order valence-electron chi connectivity index (χ0n) is 12.3. The van der Waals surface area contributed by atoms with Crippen LogP contribution in [0.25, 0.3) is 6.08 Å². The molecule has 132 valence electrons. The fraction of sp³-hybridized carbons (Fsp3) is 0.118. The minimum Gasteiger partial charge on any atom is -0.545 e. The summed E-state index contributed by atoms with van der Waals surface area (Å²) in [5.74, 6) is -3.30. The number of carbonyl (C=O) groups is 1. The number of carboxylic acids is 1. The largest absolute Gasteiger partial charge is 0.545 e. The highest BCUT2D eigenvalue weighted by atomic mass is 79.9. The van der Waals surface area contributed by atoms with Gasteiger partial charge < -0.3 is 9.90 Å². The first-order valence-corrected chi connectivity index (χ1v) is 8.34. The van der Waals surface area contributed by atoms with Gasteiger partial charge in [-0.25, -0.2) is 0 Å². The molecule has 0 bridgehead atoms. The van der Waals surface area contributed by atoms with Crippen LogP contribution in [0.3, 0.4) is 0 Å². The average molecular weight is 453 g/mol. The molecule has 1 unspecified atom stereocenters. The molecule has 0 aliphatic heterocycles. The molecule has 2 nitrogen and oxygen atoms in total. The molecule has 0 N–H and O–H groups in total. The van der Waals surface area contributed by atoms with Gasteiger partial charge in [-0.3, -0.25) is 0 Å². The van der Waals surface area contributed by atoms with Gasteiger partial charge in [0.15, 0.2) is 0 Å². The Bertz CT molecular complexity index is 815. The Labute approximate surface area is 160 Å². The molecule has 0 radical (unpaired) electrons. The van der Waals surface area contributed by atoms with Gasteiger partial charge in [-0.1, -0.05) is 63.4 Å². The van der Waals surface area contributed by atoms with Crippen molar-refractivity contribution in [1.82, 2.24) is 0 Å². The average Bonchev–Trinajstić information content (AvgIpc) is 2.44. The van der Waals surface area contributed by atoms with E-state index < -0.39 is 18.1 Å². The molecule has 0 saturated heterocycles. The Morgan fingerprint density at radius 2 is 1.72 bits per heavy atom. The normalized spacial score (nSPS) is 13.2. The second-order valence-electron chi connectivity index (χ2n) is 5.11. The lowest BCUT2D eigenvalue weighted by Gasteiger charge is -2.18. The highest BCUT2D eigenvalue weighted by Gasteiger charge is 2.39. The summed E-state index contributed by atoms with van der Waals surface area (Å²) in [5.41, 5.74) is 0.206. The monoisotopic (exact) mass is 451 g/mol. The maximum atomic E-state index is 13.4. The Hall–Kier alpha value is -1.50. The van der Waals surface area contributed by atoms with Crippen molar-refractivity contribution in [3.8, 4) is 0 Å². The fourth-order valence-corrected chi connectivity index (χ4v) is 3.27. The zero-order valence-corrected chi connectivity index (χ0v) is 15.4. The van der Waals surface area contributed by atoms with Crippen molar-refractivity contribution in [3.63, 3.8) is 0 Å². The Morgan fingerprint density at radius 3 is 2.20 bits per heavy atom. The first-order valence-electron chi connectivity index (χ1n) is 6.79.